The van der Waals surface area contributed by atoms with E-state index in [2.05, 4.69) is 34.6 Å². The third kappa shape index (κ3) is 4.50. The fourth-order valence-corrected chi connectivity index (χ4v) is 3.08. The molecule has 0 saturated heterocycles. The van der Waals surface area contributed by atoms with E-state index in [1.165, 1.54) is 28.7 Å². The van der Waals surface area contributed by atoms with Crippen LogP contribution in [-0.2, 0) is 4.79 Å². The van der Waals surface area contributed by atoms with E-state index < -0.39 is 5.97 Å². The van der Waals surface area contributed by atoms with E-state index >= 15 is 0 Å². The largest absolute Gasteiger partial charge is 0.481 e. The van der Waals surface area contributed by atoms with Crippen LogP contribution in [0.5, 0.6) is 0 Å². The van der Waals surface area contributed by atoms with Gasteiger partial charge in [-0.05, 0) is 11.5 Å². The predicted octanol–water partition coefficient (Wildman–Crippen LogP) is 2.93. The highest BCUT2D eigenvalue weighted by Crippen LogP contribution is 2.26. The monoisotopic (exact) mass is 309 g/mol. The van der Waals surface area contributed by atoms with Crippen LogP contribution < -0.4 is 5.32 Å². The maximum atomic E-state index is 10.5. The standard InChI is InChI=1S/C13H15N3O2S2/c1-9(10-5-3-2-4-6-10)7-14-12-15-16-13(20-12)19-8-11(17)18/h2-6,9H,7-8H2,1H3,(H,14,15)(H,17,18). The molecule has 2 aromatic rings. The highest BCUT2D eigenvalue weighted by atomic mass is 32.2. The molecule has 2 rings (SSSR count). The molecule has 1 atom stereocenters. The van der Waals surface area contributed by atoms with Crippen molar-refractivity contribution in [1.82, 2.24) is 10.2 Å². The number of aromatic nitrogens is 2. The summed E-state index contributed by atoms with van der Waals surface area (Å²) in [5.74, 6) is -0.470. The van der Waals surface area contributed by atoms with Gasteiger partial charge < -0.3 is 10.4 Å². The van der Waals surface area contributed by atoms with E-state index in [4.69, 9.17) is 5.11 Å². The normalized spacial score (nSPS) is 12.1. The molecule has 1 heterocycles. The molecule has 0 aliphatic rings. The predicted molar refractivity (Wildman–Crippen MR) is 81.6 cm³/mol. The molecule has 0 saturated carbocycles. The summed E-state index contributed by atoms with van der Waals surface area (Å²) in [5.41, 5.74) is 1.27. The van der Waals surface area contributed by atoms with Crippen LogP contribution in [0.3, 0.4) is 0 Å². The van der Waals surface area contributed by atoms with Crippen molar-refractivity contribution < 1.29 is 9.90 Å². The first-order valence-corrected chi connectivity index (χ1v) is 7.92. The van der Waals surface area contributed by atoms with Gasteiger partial charge in [0.05, 0.1) is 5.75 Å². The van der Waals surface area contributed by atoms with Gasteiger partial charge in [0.1, 0.15) is 0 Å². The van der Waals surface area contributed by atoms with Crippen LogP contribution in [0.2, 0.25) is 0 Å². The zero-order valence-electron chi connectivity index (χ0n) is 10.9. The van der Waals surface area contributed by atoms with E-state index in [9.17, 15) is 4.79 Å². The third-order valence-corrected chi connectivity index (χ3v) is 4.65. The van der Waals surface area contributed by atoms with Crippen molar-refractivity contribution in [2.45, 2.75) is 17.2 Å². The number of hydrogen-bond acceptors (Lipinski definition) is 6. The van der Waals surface area contributed by atoms with Crippen LogP contribution in [0.25, 0.3) is 0 Å². The Morgan fingerprint density at radius 3 is 2.85 bits per heavy atom. The van der Waals surface area contributed by atoms with Gasteiger partial charge in [0.25, 0.3) is 0 Å². The number of anilines is 1. The lowest BCUT2D eigenvalue weighted by molar-refractivity contribution is -0.133. The highest BCUT2D eigenvalue weighted by molar-refractivity contribution is 8.01. The Hall–Kier alpha value is -1.60. The number of carbonyl (C=O) groups is 1. The Balaban J connectivity index is 1.83. The van der Waals surface area contributed by atoms with E-state index in [0.29, 0.717) is 10.3 Å². The zero-order valence-corrected chi connectivity index (χ0v) is 12.6. The summed E-state index contributed by atoms with van der Waals surface area (Å²) in [6.45, 7) is 2.91. The Morgan fingerprint density at radius 2 is 2.15 bits per heavy atom. The molecule has 1 aromatic heterocycles. The van der Waals surface area contributed by atoms with Crippen molar-refractivity contribution in [3.8, 4) is 0 Å². The van der Waals surface area contributed by atoms with Crippen LogP contribution in [0.1, 0.15) is 18.4 Å². The molecule has 1 aromatic carbocycles. The Morgan fingerprint density at radius 1 is 1.40 bits per heavy atom. The van der Waals surface area contributed by atoms with Gasteiger partial charge in [-0.25, -0.2) is 0 Å². The van der Waals surface area contributed by atoms with Crippen molar-refractivity contribution in [2.24, 2.45) is 0 Å². The maximum Gasteiger partial charge on any atom is 0.313 e. The first kappa shape index (κ1) is 14.8. The minimum atomic E-state index is -0.850. The van der Waals surface area contributed by atoms with Gasteiger partial charge in [-0.1, -0.05) is 60.4 Å². The van der Waals surface area contributed by atoms with Crippen molar-refractivity contribution in [2.75, 3.05) is 17.6 Å². The second kappa shape index (κ2) is 7.25. The van der Waals surface area contributed by atoms with Crippen molar-refractivity contribution in [3.63, 3.8) is 0 Å². The van der Waals surface area contributed by atoms with E-state index in [-0.39, 0.29) is 5.75 Å². The Kier molecular flexibility index (Phi) is 5.37. The minimum Gasteiger partial charge on any atom is -0.481 e. The number of nitrogens with zero attached hydrogens (tertiary/aromatic N) is 2. The van der Waals surface area contributed by atoms with E-state index in [1.54, 1.807) is 0 Å². The summed E-state index contributed by atoms with van der Waals surface area (Å²) < 4.78 is 0.669. The molecule has 0 fully saturated rings. The minimum absolute atomic E-state index is 0.00898. The molecule has 0 radical (unpaired) electrons. The quantitative estimate of drug-likeness (QED) is 0.766. The SMILES string of the molecule is CC(CNc1nnc(SCC(=O)O)s1)c1ccccc1. The molecule has 0 aliphatic heterocycles. The van der Waals surface area contributed by atoms with Crippen LogP contribution in [0.4, 0.5) is 5.13 Å². The number of benzene rings is 1. The lowest BCUT2D eigenvalue weighted by atomic mass is 10.0. The Labute approximate surface area is 125 Å². The summed E-state index contributed by atoms with van der Waals surface area (Å²) in [7, 11) is 0. The molecular formula is C13H15N3O2S2. The summed E-state index contributed by atoms with van der Waals surface area (Å²) in [5, 5.41) is 20.5. The molecule has 2 N–H and O–H groups in total. The first-order valence-electron chi connectivity index (χ1n) is 6.12. The van der Waals surface area contributed by atoms with Crippen LogP contribution >= 0.6 is 23.1 Å². The lowest BCUT2D eigenvalue weighted by Crippen LogP contribution is -2.09. The number of aliphatic carboxylic acids is 1. The van der Waals surface area contributed by atoms with Crippen LogP contribution in [-0.4, -0.2) is 33.6 Å². The molecule has 106 valence electrons. The highest BCUT2D eigenvalue weighted by Gasteiger charge is 2.09. The van der Waals surface area contributed by atoms with Gasteiger partial charge in [-0.2, -0.15) is 0 Å². The van der Waals surface area contributed by atoms with Crippen molar-refractivity contribution >= 4 is 34.2 Å². The van der Waals surface area contributed by atoms with E-state index in [0.717, 1.165) is 11.7 Å². The van der Waals surface area contributed by atoms with Gasteiger partial charge >= 0.3 is 5.97 Å². The van der Waals surface area contributed by atoms with Crippen LogP contribution in [0, 0.1) is 0 Å². The van der Waals surface area contributed by atoms with Gasteiger partial charge in [0.15, 0.2) is 4.34 Å². The summed E-state index contributed by atoms with van der Waals surface area (Å²) in [6.07, 6.45) is 0. The molecule has 20 heavy (non-hydrogen) atoms. The molecule has 1 unspecified atom stereocenters. The summed E-state index contributed by atoms with van der Waals surface area (Å²) >= 11 is 2.56. The topological polar surface area (TPSA) is 75.1 Å². The van der Waals surface area contributed by atoms with Crippen molar-refractivity contribution in [3.05, 3.63) is 35.9 Å². The van der Waals surface area contributed by atoms with E-state index in [1.807, 2.05) is 18.2 Å². The number of carboxylic acid groups (broad SMARTS) is 1. The van der Waals surface area contributed by atoms with Crippen molar-refractivity contribution in [1.29, 1.82) is 0 Å². The second-order valence-electron chi connectivity index (χ2n) is 4.25. The summed E-state index contributed by atoms with van der Waals surface area (Å²) in [4.78, 5) is 10.5. The van der Waals surface area contributed by atoms with Crippen LogP contribution in [0.15, 0.2) is 34.7 Å². The smallest absolute Gasteiger partial charge is 0.313 e. The molecule has 0 amide bonds. The molecule has 0 aliphatic carbocycles. The average Bonchev–Trinajstić information content (AvgIpc) is 2.91. The number of carboxylic acids is 1. The van der Waals surface area contributed by atoms with Gasteiger partial charge in [0.2, 0.25) is 5.13 Å². The fourth-order valence-electron chi connectivity index (χ4n) is 1.60. The molecule has 5 nitrogen and oxygen atoms in total. The zero-order chi connectivity index (χ0) is 14.4. The van der Waals surface area contributed by atoms with Gasteiger partial charge in [-0.15, -0.1) is 10.2 Å². The lowest BCUT2D eigenvalue weighted by Gasteiger charge is -2.11. The Bertz CT molecular complexity index is 560. The first-order chi connectivity index (χ1) is 9.65. The second-order valence-corrected chi connectivity index (χ2v) is 6.45. The fraction of sp³-hybridized carbons (Fsp3) is 0.308. The maximum absolute atomic E-state index is 10.5. The number of nitrogens with one attached hydrogen (secondary N) is 1. The molecule has 7 heteroatoms. The number of hydrogen-bond donors (Lipinski definition) is 2. The molecule has 0 spiro atoms. The third-order valence-electron chi connectivity index (χ3n) is 2.65. The average molecular weight is 309 g/mol. The molecule has 0 bridgehead atoms. The number of thioether (sulfide) groups is 1. The van der Waals surface area contributed by atoms with Gasteiger partial charge in [0, 0.05) is 6.54 Å². The summed E-state index contributed by atoms with van der Waals surface area (Å²) in [6, 6.07) is 10.2. The van der Waals surface area contributed by atoms with Gasteiger partial charge in [-0.3, -0.25) is 4.79 Å². The molecular weight excluding hydrogens is 294 g/mol. The number of rotatable bonds is 7.